The van der Waals surface area contributed by atoms with Crippen LogP contribution >= 0.6 is 11.6 Å². The van der Waals surface area contributed by atoms with Crippen LogP contribution in [0.25, 0.3) is 0 Å². The summed E-state index contributed by atoms with van der Waals surface area (Å²) >= 11 is 5.91. The molecule has 0 aliphatic rings. The van der Waals surface area contributed by atoms with Gasteiger partial charge >= 0.3 is 0 Å². The van der Waals surface area contributed by atoms with Crippen molar-refractivity contribution in [3.05, 3.63) is 131 Å². The lowest BCUT2D eigenvalue weighted by atomic mass is 10.1. The van der Waals surface area contributed by atoms with Crippen molar-refractivity contribution in [2.24, 2.45) is 11.5 Å². The minimum atomic E-state index is -0.387. The van der Waals surface area contributed by atoms with E-state index in [4.69, 9.17) is 32.5 Å². The van der Waals surface area contributed by atoms with Crippen LogP contribution in [0.15, 0.2) is 97.1 Å². The number of halogens is 4. The SMILES string of the molecule is NCCC(Oc1cccc(Cl)c1)c1cccc(F)c1.NCCC(Oc1cccc(F)c1)c1cccc(F)c1. The number of nitrogens with two attached hydrogens (primary N) is 2. The van der Waals surface area contributed by atoms with Crippen LogP contribution in [0.2, 0.25) is 5.02 Å². The smallest absolute Gasteiger partial charge is 0.126 e. The van der Waals surface area contributed by atoms with Crippen molar-refractivity contribution in [1.29, 1.82) is 0 Å². The number of benzene rings is 4. The summed E-state index contributed by atoms with van der Waals surface area (Å²) < 4.78 is 51.1. The van der Waals surface area contributed by atoms with Crippen LogP contribution in [0.1, 0.15) is 36.2 Å². The minimum Gasteiger partial charge on any atom is -0.486 e. The van der Waals surface area contributed by atoms with Crippen molar-refractivity contribution < 1.29 is 22.6 Å². The first kappa shape index (κ1) is 29.0. The van der Waals surface area contributed by atoms with Crippen LogP contribution in [0, 0.1) is 17.5 Å². The van der Waals surface area contributed by atoms with E-state index < -0.39 is 0 Å². The van der Waals surface area contributed by atoms with Gasteiger partial charge in [0, 0.05) is 23.9 Å². The van der Waals surface area contributed by atoms with Crippen molar-refractivity contribution in [2.45, 2.75) is 25.0 Å². The quantitative estimate of drug-likeness (QED) is 0.219. The topological polar surface area (TPSA) is 70.5 Å². The molecule has 0 saturated carbocycles. The summed E-state index contributed by atoms with van der Waals surface area (Å²) in [6.07, 6.45) is 0.470. The highest BCUT2D eigenvalue weighted by molar-refractivity contribution is 6.30. The minimum absolute atomic E-state index is 0.279. The van der Waals surface area contributed by atoms with Gasteiger partial charge in [-0.2, -0.15) is 0 Å². The summed E-state index contributed by atoms with van der Waals surface area (Å²) in [4.78, 5) is 0. The molecular formula is C30H30ClF3N2O2. The third-order valence-electron chi connectivity index (χ3n) is 5.45. The molecule has 0 saturated heterocycles. The maximum Gasteiger partial charge on any atom is 0.126 e. The Morgan fingerprint density at radius 1 is 0.579 bits per heavy atom. The highest BCUT2D eigenvalue weighted by Gasteiger charge is 2.15. The Labute approximate surface area is 226 Å². The molecule has 0 heterocycles. The predicted octanol–water partition coefficient (Wildman–Crippen LogP) is 7.38. The van der Waals surface area contributed by atoms with E-state index >= 15 is 0 Å². The molecule has 0 fully saturated rings. The van der Waals surface area contributed by atoms with E-state index in [2.05, 4.69) is 0 Å². The van der Waals surface area contributed by atoms with Gasteiger partial charge in [0.1, 0.15) is 41.2 Å². The molecule has 0 amide bonds. The Kier molecular flexibility index (Phi) is 11.5. The van der Waals surface area contributed by atoms with Crippen molar-refractivity contribution >= 4 is 11.6 Å². The molecule has 0 bridgehead atoms. The van der Waals surface area contributed by atoms with Crippen molar-refractivity contribution in [3.8, 4) is 11.5 Å². The van der Waals surface area contributed by atoms with Gasteiger partial charge in [0.25, 0.3) is 0 Å². The second kappa shape index (κ2) is 15.0. The number of rotatable bonds is 10. The van der Waals surface area contributed by atoms with Gasteiger partial charge in [0.05, 0.1) is 0 Å². The molecule has 2 atom stereocenters. The number of hydrogen-bond acceptors (Lipinski definition) is 4. The van der Waals surface area contributed by atoms with Gasteiger partial charge in [0.15, 0.2) is 0 Å². The van der Waals surface area contributed by atoms with Gasteiger partial charge in [0.2, 0.25) is 0 Å². The second-order valence-electron chi connectivity index (χ2n) is 8.39. The molecule has 0 aliphatic carbocycles. The third-order valence-corrected chi connectivity index (χ3v) is 5.68. The Morgan fingerprint density at radius 2 is 1.00 bits per heavy atom. The lowest BCUT2D eigenvalue weighted by molar-refractivity contribution is 0.196. The molecule has 38 heavy (non-hydrogen) atoms. The van der Waals surface area contributed by atoms with Gasteiger partial charge in [-0.15, -0.1) is 0 Å². The van der Waals surface area contributed by atoms with Gasteiger partial charge < -0.3 is 20.9 Å². The first-order valence-corrected chi connectivity index (χ1v) is 12.5. The van der Waals surface area contributed by atoms with Crippen LogP contribution in [-0.4, -0.2) is 13.1 Å². The molecule has 4 rings (SSSR count). The summed E-state index contributed by atoms with van der Waals surface area (Å²) in [6, 6.07) is 25.5. The lowest BCUT2D eigenvalue weighted by Crippen LogP contribution is -2.13. The molecule has 0 aliphatic heterocycles. The molecular weight excluding hydrogens is 513 g/mol. The molecule has 0 spiro atoms. The van der Waals surface area contributed by atoms with Crippen molar-refractivity contribution in [2.75, 3.05) is 13.1 Å². The zero-order valence-corrected chi connectivity index (χ0v) is 21.5. The van der Waals surface area contributed by atoms with E-state index in [9.17, 15) is 13.2 Å². The van der Waals surface area contributed by atoms with Gasteiger partial charge in [-0.3, -0.25) is 0 Å². The largest absolute Gasteiger partial charge is 0.486 e. The molecule has 4 nitrogen and oxygen atoms in total. The third kappa shape index (κ3) is 9.41. The van der Waals surface area contributed by atoms with Crippen LogP contribution in [0.3, 0.4) is 0 Å². The molecule has 8 heteroatoms. The summed E-state index contributed by atoms with van der Waals surface area (Å²) in [5.41, 5.74) is 12.6. The van der Waals surface area contributed by atoms with E-state index in [1.165, 1.54) is 36.4 Å². The van der Waals surface area contributed by atoms with Gasteiger partial charge in [-0.1, -0.05) is 48.0 Å². The number of hydrogen-bond donors (Lipinski definition) is 2. The normalized spacial score (nSPS) is 12.2. The second-order valence-corrected chi connectivity index (χ2v) is 8.83. The standard InChI is InChI=1S/C15H15ClFNO.C15H15F2NO/c16-12-4-2-6-14(10-12)19-15(7-8-18)11-3-1-5-13(17)9-11;16-12-4-1-3-11(9-12)15(7-8-18)19-14-6-2-5-13(17)10-14/h2*1-6,9-10,15H,7-8,18H2. The van der Waals surface area contributed by atoms with Crippen LogP contribution in [0.5, 0.6) is 11.5 Å². The Hall–Kier alpha value is -3.52. The molecule has 4 aromatic carbocycles. The Morgan fingerprint density at radius 3 is 1.42 bits per heavy atom. The fourth-order valence-electron chi connectivity index (χ4n) is 3.71. The van der Waals surface area contributed by atoms with Crippen LogP contribution < -0.4 is 20.9 Å². The van der Waals surface area contributed by atoms with Crippen LogP contribution in [0.4, 0.5) is 13.2 Å². The summed E-state index contributed by atoms with van der Waals surface area (Å²) in [6.45, 7) is 0.859. The monoisotopic (exact) mass is 542 g/mol. The first-order chi connectivity index (χ1) is 18.4. The first-order valence-electron chi connectivity index (χ1n) is 12.1. The zero-order valence-electron chi connectivity index (χ0n) is 20.7. The molecule has 200 valence electrons. The zero-order chi connectivity index (χ0) is 27.3. The molecule has 4 aromatic rings. The van der Waals surface area contributed by atoms with Crippen molar-refractivity contribution in [1.82, 2.24) is 0 Å². The summed E-state index contributed by atoms with van der Waals surface area (Å²) in [7, 11) is 0. The van der Waals surface area contributed by atoms with Crippen molar-refractivity contribution in [3.63, 3.8) is 0 Å². The molecule has 4 N–H and O–H groups in total. The van der Waals surface area contributed by atoms with E-state index in [1.807, 2.05) is 18.2 Å². The van der Waals surface area contributed by atoms with E-state index in [0.29, 0.717) is 48.0 Å². The lowest BCUT2D eigenvalue weighted by Gasteiger charge is -2.19. The fourth-order valence-corrected chi connectivity index (χ4v) is 3.89. The fraction of sp³-hybridized carbons (Fsp3) is 0.200. The highest BCUT2D eigenvalue weighted by atomic mass is 35.5. The average Bonchev–Trinajstić information content (AvgIpc) is 2.89. The average molecular weight is 543 g/mol. The number of ether oxygens (including phenoxy) is 2. The Balaban J connectivity index is 0.000000211. The summed E-state index contributed by atoms with van der Waals surface area (Å²) in [5.74, 6) is 0.0674. The summed E-state index contributed by atoms with van der Waals surface area (Å²) in [5, 5.41) is 0.600. The molecule has 0 aromatic heterocycles. The predicted molar refractivity (Wildman–Crippen MR) is 145 cm³/mol. The van der Waals surface area contributed by atoms with Crippen LogP contribution in [-0.2, 0) is 0 Å². The van der Waals surface area contributed by atoms with Gasteiger partial charge in [-0.05, 0) is 78.8 Å². The maximum atomic E-state index is 13.3. The van der Waals surface area contributed by atoms with Gasteiger partial charge in [-0.25, -0.2) is 13.2 Å². The molecule has 0 radical (unpaired) electrons. The maximum absolute atomic E-state index is 13.3. The van der Waals surface area contributed by atoms with E-state index in [-0.39, 0.29) is 29.7 Å². The highest BCUT2D eigenvalue weighted by Crippen LogP contribution is 2.27. The van der Waals surface area contributed by atoms with E-state index in [1.54, 1.807) is 42.5 Å². The molecule has 2 unspecified atom stereocenters. The Bertz CT molecular complexity index is 1190. The van der Waals surface area contributed by atoms with E-state index in [0.717, 1.165) is 5.56 Å².